The van der Waals surface area contributed by atoms with Gasteiger partial charge in [0.25, 0.3) is 11.8 Å². The molecule has 2 aliphatic heterocycles. The molecule has 1 saturated heterocycles. The quantitative estimate of drug-likeness (QED) is 0.459. The van der Waals surface area contributed by atoms with Crippen LogP contribution in [0.3, 0.4) is 0 Å². The number of hydrogen-bond donors (Lipinski definition) is 2. The minimum Gasteiger partial charge on any atom is -0.369 e. The van der Waals surface area contributed by atoms with Gasteiger partial charge in [-0.15, -0.1) is 0 Å². The smallest absolute Gasteiger partial charge is 0.276 e. The summed E-state index contributed by atoms with van der Waals surface area (Å²) >= 11 is 0. The van der Waals surface area contributed by atoms with Crippen molar-refractivity contribution in [1.29, 1.82) is 0 Å². The lowest BCUT2D eigenvalue weighted by atomic mass is 9.97. The van der Waals surface area contributed by atoms with Crippen molar-refractivity contribution in [3.05, 3.63) is 76.5 Å². The van der Waals surface area contributed by atoms with Crippen LogP contribution < -0.4 is 16.0 Å². The molecule has 5 rings (SSSR count). The average molecular weight is 558 g/mol. The fraction of sp³-hybridized carbons (Fsp3) is 0.367. The van der Waals surface area contributed by atoms with Gasteiger partial charge in [0.2, 0.25) is 11.8 Å². The van der Waals surface area contributed by atoms with Crippen molar-refractivity contribution < 1.29 is 19.2 Å². The Bertz CT molecular complexity index is 1510. The molecule has 3 aromatic rings. The summed E-state index contributed by atoms with van der Waals surface area (Å²) in [5, 5.41) is 11.1. The van der Waals surface area contributed by atoms with Crippen LogP contribution in [0.25, 0.3) is 0 Å². The van der Waals surface area contributed by atoms with E-state index in [0.29, 0.717) is 24.3 Å². The third kappa shape index (κ3) is 5.32. The maximum Gasteiger partial charge on any atom is 0.276 e. The highest BCUT2D eigenvalue weighted by molar-refractivity contribution is 6.06. The zero-order chi connectivity index (χ0) is 29.4. The Hall–Kier alpha value is -4.51. The number of carbonyl (C=O) groups excluding carboxylic acids is 4. The zero-order valence-electron chi connectivity index (χ0n) is 23.8. The van der Waals surface area contributed by atoms with E-state index in [1.54, 1.807) is 19.0 Å². The molecule has 11 heteroatoms. The molecule has 0 aliphatic carbocycles. The fourth-order valence-electron chi connectivity index (χ4n) is 5.59. The number of amides is 4. The number of hydrogen-bond acceptors (Lipinski definition) is 6. The van der Waals surface area contributed by atoms with Gasteiger partial charge in [-0.3, -0.25) is 33.8 Å². The van der Waals surface area contributed by atoms with Gasteiger partial charge in [0.05, 0.1) is 0 Å². The van der Waals surface area contributed by atoms with Crippen LogP contribution in [0.15, 0.2) is 48.5 Å². The van der Waals surface area contributed by atoms with Crippen molar-refractivity contribution in [2.45, 2.75) is 46.2 Å². The Morgan fingerprint density at radius 1 is 1.10 bits per heavy atom. The Morgan fingerprint density at radius 3 is 2.51 bits per heavy atom. The molecule has 1 fully saturated rings. The van der Waals surface area contributed by atoms with Crippen LogP contribution >= 0.6 is 0 Å². The SMILES string of the molecule is Cc1cccc(C)c1NC(=O)c1cc(N(C(=O)C[C@@H](C)C(N)=O)[C@@H]2C(=O)N3CCCN3Cc3ccccc32)n(C)n1. The molecule has 0 unspecified atom stereocenters. The van der Waals surface area contributed by atoms with E-state index >= 15 is 0 Å². The van der Waals surface area contributed by atoms with Crippen LogP contribution in [0.1, 0.15) is 58.5 Å². The van der Waals surface area contributed by atoms with Gasteiger partial charge in [-0.1, -0.05) is 49.4 Å². The third-order valence-corrected chi connectivity index (χ3v) is 7.87. The molecule has 3 N–H and O–H groups in total. The monoisotopic (exact) mass is 557 g/mol. The molecule has 1 aromatic heterocycles. The first-order chi connectivity index (χ1) is 19.6. The number of nitrogens with one attached hydrogen (secondary N) is 1. The minimum atomic E-state index is -1.02. The molecule has 2 aliphatic rings. The van der Waals surface area contributed by atoms with Gasteiger partial charge in [-0.2, -0.15) is 5.10 Å². The zero-order valence-corrected chi connectivity index (χ0v) is 23.8. The summed E-state index contributed by atoms with van der Waals surface area (Å²) in [4.78, 5) is 54.9. The van der Waals surface area contributed by atoms with Gasteiger partial charge in [0, 0.05) is 50.8 Å². The lowest BCUT2D eigenvalue weighted by Gasteiger charge is -2.34. The van der Waals surface area contributed by atoms with Crippen molar-refractivity contribution in [3.8, 4) is 0 Å². The molecule has 0 radical (unpaired) electrons. The maximum absolute atomic E-state index is 14.2. The van der Waals surface area contributed by atoms with Gasteiger partial charge >= 0.3 is 0 Å². The predicted molar refractivity (Wildman–Crippen MR) is 153 cm³/mol. The minimum absolute atomic E-state index is 0.0862. The molecular weight excluding hydrogens is 522 g/mol. The molecular formula is C30H35N7O4. The summed E-state index contributed by atoms with van der Waals surface area (Å²) in [6.45, 7) is 7.20. The second kappa shape index (κ2) is 11.2. The van der Waals surface area contributed by atoms with Crippen molar-refractivity contribution in [1.82, 2.24) is 19.8 Å². The van der Waals surface area contributed by atoms with Crippen molar-refractivity contribution in [3.63, 3.8) is 0 Å². The number of rotatable bonds is 7. The number of nitrogens with zero attached hydrogens (tertiary/aromatic N) is 5. The molecule has 0 saturated carbocycles. The molecule has 214 valence electrons. The number of benzene rings is 2. The molecule has 0 spiro atoms. The molecule has 2 aromatic carbocycles. The van der Waals surface area contributed by atoms with Crippen LogP contribution in [-0.2, 0) is 28.0 Å². The summed E-state index contributed by atoms with van der Waals surface area (Å²) in [6.07, 6.45) is 0.613. The highest BCUT2D eigenvalue weighted by Crippen LogP contribution is 2.37. The number of aromatic nitrogens is 2. The molecule has 0 bridgehead atoms. The topological polar surface area (TPSA) is 134 Å². The van der Waals surface area contributed by atoms with Gasteiger partial charge in [-0.25, -0.2) is 5.01 Å². The van der Waals surface area contributed by atoms with Crippen molar-refractivity contribution in [2.75, 3.05) is 23.3 Å². The first kappa shape index (κ1) is 28.0. The Morgan fingerprint density at radius 2 is 1.80 bits per heavy atom. The predicted octanol–water partition coefficient (Wildman–Crippen LogP) is 2.84. The van der Waals surface area contributed by atoms with Gasteiger partial charge < -0.3 is 11.1 Å². The van der Waals surface area contributed by atoms with E-state index in [1.807, 2.05) is 61.3 Å². The normalized spacial score (nSPS) is 17.4. The number of primary amides is 1. The maximum atomic E-state index is 14.2. The lowest BCUT2D eigenvalue weighted by Crippen LogP contribution is -2.48. The summed E-state index contributed by atoms with van der Waals surface area (Å²) in [5.74, 6) is -2.28. The fourth-order valence-corrected chi connectivity index (χ4v) is 5.59. The standard InChI is InChI=1S/C30H35N7O4/c1-18-9-7-10-19(2)26(18)32-29(40)23-16-24(34(4)33-23)37(25(38)15-20(3)28(31)39)27-22-12-6-5-11-21(22)17-35-13-8-14-36(35)30(27)41/h5-7,9-12,16,20,27H,8,13-15,17H2,1-4H3,(H2,31,39)(H,32,40)/t20-,27+/m1/s1. The van der Waals surface area contributed by atoms with Crippen LogP contribution in [0, 0.1) is 19.8 Å². The second-order valence-corrected chi connectivity index (χ2v) is 10.8. The van der Waals surface area contributed by atoms with E-state index in [-0.39, 0.29) is 23.8 Å². The van der Waals surface area contributed by atoms with E-state index in [2.05, 4.69) is 10.4 Å². The van der Waals surface area contributed by atoms with E-state index in [1.165, 1.54) is 15.6 Å². The highest BCUT2D eigenvalue weighted by Gasteiger charge is 2.43. The van der Waals surface area contributed by atoms with Gasteiger partial charge in [0.15, 0.2) is 5.69 Å². The molecule has 4 amide bonds. The van der Waals surface area contributed by atoms with E-state index < -0.39 is 29.7 Å². The number of hydrazine groups is 1. The second-order valence-electron chi connectivity index (χ2n) is 10.8. The van der Waals surface area contributed by atoms with Gasteiger partial charge in [0.1, 0.15) is 11.9 Å². The number of aryl methyl sites for hydroxylation is 3. The molecule has 11 nitrogen and oxygen atoms in total. The summed E-state index contributed by atoms with van der Waals surface area (Å²) in [5.41, 5.74) is 9.71. The summed E-state index contributed by atoms with van der Waals surface area (Å²) in [6, 6.07) is 13.8. The van der Waals surface area contributed by atoms with E-state index in [0.717, 1.165) is 29.7 Å². The van der Waals surface area contributed by atoms with Crippen LogP contribution in [0.4, 0.5) is 11.5 Å². The number of fused-ring (bicyclic) bond motifs is 2. The Labute approximate surface area is 238 Å². The van der Waals surface area contributed by atoms with Crippen LogP contribution in [0.5, 0.6) is 0 Å². The number of nitrogens with two attached hydrogens (primary N) is 1. The molecule has 41 heavy (non-hydrogen) atoms. The summed E-state index contributed by atoms with van der Waals surface area (Å²) < 4.78 is 1.43. The number of anilines is 2. The first-order valence-corrected chi connectivity index (χ1v) is 13.7. The highest BCUT2D eigenvalue weighted by atomic mass is 16.2. The van der Waals surface area contributed by atoms with E-state index in [4.69, 9.17) is 5.73 Å². The van der Waals surface area contributed by atoms with Crippen LogP contribution in [-0.4, -0.2) is 56.5 Å². The van der Waals surface area contributed by atoms with Crippen molar-refractivity contribution in [2.24, 2.45) is 18.7 Å². The van der Waals surface area contributed by atoms with Crippen LogP contribution in [0.2, 0.25) is 0 Å². The molecule has 3 heterocycles. The number of para-hydroxylation sites is 1. The Kier molecular flexibility index (Phi) is 7.63. The third-order valence-electron chi connectivity index (χ3n) is 7.87. The van der Waals surface area contributed by atoms with Gasteiger partial charge in [-0.05, 0) is 42.5 Å². The molecule has 2 atom stereocenters. The Balaban J connectivity index is 1.60. The van der Waals surface area contributed by atoms with Crippen molar-refractivity contribution >= 4 is 35.1 Å². The summed E-state index contributed by atoms with van der Waals surface area (Å²) in [7, 11) is 1.62. The average Bonchev–Trinajstić information content (AvgIpc) is 3.53. The number of carbonyl (C=O) groups is 4. The first-order valence-electron chi connectivity index (χ1n) is 13.7. The van der Waals surface area contributed by atoms with E-state index in [9.17, 15) is 19.2 Å². The lowest BCUT2D eigenvalue weighted by molar-refractivity contribution is -0.146. The largest absolute Gasteiger partial charge is 0.369 e.